The summed E-state index contributed by atoms with van der Waals surface area (Å²) in [5, 5.41) is 8.87. The molecule has 11 heteroatoms. The molecule has 1 atom stereocenters. The summed E-state index contributed by atoms with van der Waals surface area (Å²) in [7, 11) is 0. The lowest BCUT2D eigenvalue weighted by Gasteiger charge is -2.09. The molecule has 0 saturated heterocycles. The molecule has 4 heterocycles. The van der Waals surface area contributed by atoms with E-state index in [-0.39, 0.29) is 23.0 Å². The molecule has 1 aliphatic heterocycles. The predicted molar refractivity (Wildman–Crippen MR) is 100 cm³/mol. The van der Waals surface area contributed by atoms with Gasteiger partial charge in [0, 0.05) is 36.0 Å². The Morgan fingerprint density at radius 2 is 1.97 bits per heavy atom. The van der Waals surface area contributed by atoms with Crippen LogP contribution in [0.3, 0.4) is 0 Å². The number of nitrogens with one attached hydrogen (secondary N) is 1. The summed E-state index contributed by atoms with van der Waals surface area (Å²) in [6, 6.07) is 7.33. The average Bonchev–Trinajstić information content (AvgIpc) is 3.48. The van der Waals surface area contributed by atoms with Gasteiger partial charge in [-0.25, -0.2) is 9.37 Å². The number of hydrogen-bond acceptors (Lipinski definition) is 5. The van der Waals surface area contributed by atoms with Gasteiger partial charge in [0.15, 0.2) is 5.69 Å². The number of ether oxygens (including phenoxy) is 1. The number of hydrogen-bond donors (Lipinski definition) is 1. The highest BCUT2D eigenvalue weighted by Crippen LogP contribution is 2.36. The molecule has 1 aliphatic rings. The normalized spacial score (nSPS) is 15.7. The number of pyridine rings is 1. The van der Waals surface area contributed by atoms with E-state index in [1.807, 2.05) is 9.78 Å². The summed E-state index contributed by atoms with van der Waals surface area (Å²) in [5.74, 6) is 0.290. The molecule has 7 nitrogen and oxygen atoms in total. The fraction of sp³-hybridized carbons (Fsp3) is 0.200. The molecule has 4 aromatic rings. The molecule has 1 N–H and O–H groups in total. The van der Waals surface area contributed by atoms with Crippen molar-refractivity contribution in [3.8, 4) is 28.4 Å². The lowest BCUT2D eigenvalue weighted by atomic mass is 10.0. The van der Waals surface area contributed by atoms with Crippen molar-refractivity contribution in [2.75, 3.05) is 6.61 Å². The summed E-state index contributed by atoms with van der Waals surface area (Å²) in [6.07, 6.45) is 0.0872. The second-order valence-corrected chi connectivity index (χ2v) is 7.09. The van der Waals surface area contributed by atoms with Crippen LogP contribution >= 0.6 is 0 Å². The van der Waals surface area contributed by atoms with Crippen molar-refractivity contribution in [2.24, 2.45) is 0 Å². The van der Waals surface area contributed by atoms with Gasteiger partial charge < -0.3 is 9.30 Å². The fourth-order valence-electron chi connectivity index (χ4n) is 3.60. The van der Waals surface area contributed by atoms with Crippen LogP contribution in [0.15, 0.2) is 49.1 Å². The molecule has 1 aromatic carbocycles. The van der Waals surface area contributed by atoms with E-state index in [0.29, 0.717) is 30.3 Å². The monoisotopic (exact) mass is 430 g/mol. The lowest BCUT2D eigenvalue weighted by molar-refractivity contribution is -0.140. The summed E-state index contributed by atoms with van der Waals surface area (Å²) in [5.41, 5.74) is 0.480. The van der Waals surface area contributed by atoms with Gasteiger partial charge in [0.05, 0.1) is 18.6 Å². The first-order chi connectivity index (χ1) is 14.9. The Kier molecular flexibility index (Phi) is 4.45. The highest BCUT2D eigenvalue weighted by molar-refractivity contribution is 5.67. The highest BCUT2D eigenvalue weighted by Gasteiger charge is 2.38. The lowest BCUT2D eigenvalue weighted by Crippen LogP contribution is -2.09. The number of aromatic nitrogens is 6. The van der Waals surface area contributed by atoms with Gasteiger partial charge in [-0.15, -0.1) is 0 Å². The molecule has 0 saturated carbocycles. The first kappa shape index (κ1) is 19.2. The van der Waals surface area contributed by atoms with E-state index in [1.54, 1.807) is 18.6 Å². The van der Waals surface area contributed by atoms with Crippen LogP contribution in [-0.2, 0) is 12.7 Å². The Hall–Kier alpha value is -3.76. The van der Waals surface area contributed by atoms with Crippen LogP contribution in [-0.4, -0.2) is 36.6 Å². The van der Waals surface area contributed by atoms with E-state index in [9.17, 15) is 17.6 Å². The molecular formula is C20H14F4N6O. The van der Waals surface area contributed by atoms with Gasteiger partial charge in [0.1, 0.15) is 23.0 Å². The van der Waals surface area contributed by atoms with Gasteiger partial charge in [-0.1, -0.05) is 0 Å². The van der Waals surface area contributed by atoms with Crippen LogP contribution in [0.25, 0.3) is 22.6 Å². The van der Waals surface area contributed by atoms with Crippen molar-refractivity contribution in [2.45, 2.75) is 18.6 Å². The van der Waals surface area contributed by atoms with E-state index < -0.39 is 11.9 Å². The Morgan fingerprint density at radius 1 is 1.10 bits per heavy atom. The molecule has 0 spiro atoms. The Balaban J connectivity index is 1.40. The minimum atomic E-state index is -4.63. The number of H-pyrrole nitrogens is 1. The van der Waals surface area contributed by atoms with E-state index in [4.69, 9.17) is 4.74 Å². The predicted octanol–water partition coefficient (Wildman–Crippen LogP) is 4.06. The number of aromatic amines is 1. The number of halogens is 4. The number of benzene rings is 1. The third kappa shape index (κ3) is 3.62. The van der Waals surface area contributed by atoms with Crippen molar-refractivity contribution >= 4 is 0 Å². The average molecular weight is 430 g/mol. The van der Waals surface area contributed by atoms with Crippen LogP contribution in [0.2, 0.25) is 0 Å². The van der Waals surface area contributed by atoms with Crippen LogP contribution in [0.5, 0.6) is 5.75 Å². The van der Waals surface area contributed by atoms with Crippen LogP contribution in [0.1, 0.15) is 17.2 Å². The van der Waals surface area contributed by atoms with Gasteiger partial charge in [-0.05, 0) is 30.3 Å². The number of nitrogens with zero attached hydrogens (tertiary/aromatic N) is 5. The molecule has 0 aliphatic carbocycles. The maximum absolute atomic E-state index is 13.6. The van der Waals surface area contributed by atoms with E-state index in [1.165, 1.54) is 30.5 Å². The van der Waals surface area contributed by atoms with E-state index in [0.717, 1.165) is 5.56 Å². The molecule has 0 amide bonds. The zero-order chi connectivity index (χ0) is 21.6. The second kappa shape index (κ2) is 7.18. The van der Waals surface area contributed by atoms with Crippen molar-refractivity contribution in [3.05, 3.63) is 66.1 Å². The molecule has 31 heavy (non-hydrogen) atoms. The minimum absolute atomic E-state index is 0.0449. The quantitative estimate of drug-likeness (QED) is 0.494. The SMILES string of the molecule is Fc1ccc2c(c1)[C@@H](Cn1cnc(-c3cc(-c4n[nH]nc4C(F)(F)F)ccn3)c1)CO2. The Bertz CT molecular complexity index is 1250. The number of imidazole rings is 1. The molecule has 0 unspecified atom stereocenters. The van der Waals surface area contributed by atoms with Gasteiger partial charge >= 0.3 is 6.18 Å². The molecule has 158 valence electrons. The number of rotatable bonds is 4. The Morgan fingerprint density at radius 3 is 2.81 bits per heavy atom. The molecular weight excluding hydrogens is 416 g/mol. The van der Waals surface area contributed by atoms with Crippen LogP contribution in [0, 0.1) is 5.82 Å². The first-order valence-corrected chi connectivity index (χ1v) is 9.27. The van der Waals surface area contributed by atoms with Gasteiger partial charge in [-0.2, -0.15) is 28.6 Å². The minimum Gasteiger partial charge on any atom is -0.493 e. The van der Waals surface area contributed by atoms with Crippen LogP contribution < -0.4 is 4.74 Å². The van der Waals surface area contributed by atoms with E-state index in [2.05, 4.69) is 20.2 Å². The zero-order valence-electron chi connectivity index (χ0n) is 15.8. The first-order valence-electron chi connectivity index (χ1n) is 9.27. The number of fused-ring (bicyclic) bond motifs is 1. The van der Waals surface area contributed by atoms with Gasteiger partial charge in [0.2, 0.25) is 0 Å². The maximum Gasteiger partial charge on any atom is 0.437 e. The molecule has 0 radical (unpaired) electrons. The molecule has 0 fully saturated rings. The second-order valence-electron chi connectivity index (χ2n) is 7.09. The summed E-state index contributed by atoms with van der Waals surface area (Å²) in [6.45, 7) is 0.928. The Labute approximate surface area is 172 Å². The third-order valence-corrected chi connectivity index (χ3v) is 5.03. The van der Waals surface area contributed by atoms with Crippen molar-refractivity contribution in [1.29, 1.82) is 0 Å². The smallest absolute Gasteiger partial charge is 0.437 e. The topological polar surface area (TPSA) is 81.5 Å². The highest BCUT2D eigenvalue weighted by atomic mass is 19.4. The fourth-order valence-corrected chi connectivity index (χ4v) is 3.60. The van der Waals surface area contributed by atoms with Crippen molar-refractivity contribution in [1.82, 2.24) is 29.9 Å². The summed E-state index contributed by atoms with van der Waals surface area (Å²) < 4.78 is 60.4. The van der Waals surface area contributed by atoms with E-state index >= 15 is 0 Å². The number of alkyl halides is 3. The third-order valence-electron chi connectivity index (χ3n) is 5.03. The van der Waals surface area contributed by atoms with Gasteiger partial charge in [-0.3, -0.25) is 4.98 Å². The summed E-state index contributed by atoms with van der Waals surface area (Å²) in [4.78, 5) is 8.53. The summed E-state index contributed by atoms with van der Waals surface area (Å²) >= 11 is 0. The molecule has 0 bridgehead atoms. The zero-order valence-corrected chi connectivity index (χ0v) is 15.8. The standard InChI is InChI=1S/C20H14F4N6O/c21-13-1-2-17-14(6-13)12(9-31-17)7-30-8-16(26-10-30)15-5-11(3-4-25-15)18-19(20(22,23)24)28-29-27-18/h1-6,8,10,12H,7,9H2,(H,27,28,29)/t12-/m0/s1. The maximum atomic E-state index is 13.6. The largest absolute Gasteiger partial charge is 0.493 e. The van der Waals surface area contributed by atoms with Gasteiger partial charge in [0.25, 0.3) is 0 Å². The van der Waals surface area contributed by atoms with Crippen LogP contribution in [0.4, 0.5) is 17.6 Å². The molecule has 5 rings (SSSR count). The molecule has 3 aromatic heterocycles. The van der Waals surface area contributed by atoms with Crippen molar-refractivity contribution < 1.29 is 22.3 Å². The van der Waals surface area contributed by atoms with Crippen molar-refractivity contribution in [3.63, 3.8) is 0 Å².